The Hall–Kier alpha value is -1.11. The highest BCUT2D eigenvalue weighted by Gasteiger charge is 2.21. The fourth-order valence-electron chi connectivity index (χ4n) is 1.96. The minimum Gasteiger partial charge on any atom is -0.396 e. The summed E-state index contributed by atoms with van der Waals surface area (Å²) < 4.78 is 26.5. The Kier molecular flexibility index (Phi) is 6.64. The average Bonchev–Trinajstić information content (AvgIpc) is 2.46. The van der Waals surface area contributed by atoms with Crippen molar-refractivity contribution in [3.8, 4) is 0 Å². The highest BCUT2D eigenvalue weighted by Crippen LogP contribution is 2.22. The van der Waals surface area contributed by atoms with Gasteiger partial charge >= 0.3 is 0 Å². The number of hydrogen-bond donors (Lipinski definition) is 3. The van der Waals surface area contributed by atoms with Gasteiger partial charge in [0.15, 0.2) is 0 Å². The molecule has 1 aromatic carbocycles. The van der Waals surface area contributed by atoms with Crippen LogP contribution in [-0.4, -0.2) is 32.2 Å². The van der Waals surface area contributed by atoms with Gasteiger partial charge in [-0.15, -0.1) is 0 Å². The summed E-state index contributed by atoms with van der Waals surface area (Å²) in [5.41, 5.74) is 0.650. The van der Waals surface area contributed by atoms with Gasteiger partial charge in [-0.25, -0.2) is 13.1 Å². The lowest BCUT2D eigenvalue weighted by atomic mass is 9.94. The molecule has 0 spiro atoms. The van der Waals surface area contributed by atoms with Crippen LogP contribution in [0.2, 0.25) is 0 Å². The van der Waals surface area contributed by atoms with E-state index >= 15 is 0 Å². The first-order chi connectivity index (χ1) is 9.87. The number of sulfonamides is 1. The van der Waals surface area contributed by atoms with Gasteiger partial charge < -0.3 is 10.4 Å². The number of hydrogen-bond acceptors (Lipinski definition) is 4. The van der Waals surface area contributed by atoms with Gasteiger partial charge in [0.25, 0.3) is 0 Å². The molecule has 1 rings (SSSR count). The van der Waals surface area contributed by atoms with Crippen LogP contribution in [0.15, 0.2) is 29.2 Å². The summed E-state index contributed by atoms with van der Waals surface area (Å²) in [6.45, 7) is 6.56. The van der Waals surface area contributed by atoms with Crippen LogP contribution < -0.4 is 10.0 Å². The van der Waals surface area contributed by atoms with Gasteiger partial charge in [-0.3, -0.25) is 0 Å². The number of aliphatic hydroxyl groups excluding tert-OH is 1. The van der Waals surface area contributed by atoms with E-state index in [1.54, 1.807) is 24.3 Å². The van der Waals surface area contributed by atoms with Gasteiger partial charge in [0.05, 0.1) is 4.90 Å². The summed E-state index contributed by atoms with van der Waals surface area (Å²) in [6, 6.07) is 6.70. The molecule has 3 N–H and O–H groups in total. The molecule has 0 fully saturated rings. The molecular weight excluding hydrogens is 288 g/mol. The normalized spacial score (nSPS) is 14.7. The summed E-state index contributed by atoms with van der Waals surface area (Å²) >= 11 is 0. The topological polar surface area (TPSA) is 78.4 Å². The van der Waals surface area contributed by atoms with E-state index in [2.05, 4.69) is 17.0 Å². The second-order valence-corrected chi connectivity index (χ2v) is 7.20. The zero-order chi connectivity index (χ0) is 15.9. The molecule has 0 aromatic heterocycles. The van der Waals surface area contributed by atoms with Crippen molar-refractivity contribution in [1.29, 1.82) is 0 Å². The number of nitrogens with one attached hydrogen (secondary N) is 2. The minimum absolute atomic E-state index is 0.116. The summed E-state index contributed by atoms with van der Waals surface area (Å²) in [4.78, 5) is 0.266. The first-order valence-electron chi connectivity index (χ1n) is 7.35. The van der Waals surface area contributed by atoms with Gasteiger partial charge in [0.2, 0.25) is 10.0 Å². The summed E-state index contributed by atoms with van der Waals surface area (Å²) in [5.74, 6) is 0. The second kappa shape index (κ2) is 7.77. The monoisotopic (exact) mass is 314 g/mol. The molecule has 120 valence electrons. The molecule has 0 saturated heterocycles. The quantitative estimate of drug-likeness (QED) is 0.654. The molecule has 0 amide bonds. The molecule has 1 aromatic rings. The van der Waals surface area contributed by atoms with Crippen LogP contribution in [0.1, 0.15) is 40.0 Å². The molecule has 0 aliphatic rings. The van der Waals surface area contributed by atoms with E-state index in [9.17, 15) is 8.42 Å². The Labute approximate surface area is 127 Å². The third-order valence-corrected chi connectivity index (χ3v) is 5.07. The van der Waals surface area contributed by atoms with Crippen LogP contribution in [0.3, 0.4) is 0 Å². The maximum absolute atomic E-state index is 12.0. The lowest BCUT2D eigenvalue weighted by Crippen LogP contribution is -2.35. The number of benzene rings is 1. The van der Waals surface area contributed by atoms with Crippen molar-refractivity contribution in [3.05, 3.63) is 24.3 Å². The standard InChI is InChI=1S/C15H26N2O3S/c1-4-11-16-21(19,20)14-8-6-13(7-9-14)17-15(3,5-2)10-12-18/h6-9,16-18H,4-5,10-12H2,1-3H3. The molecule has 0 saturated carbocycles. The maximum atomic E-state index is 12.0. The first-order valence-corrected chi connectivity index (χ1v) is 8.84. The lowest BCUT2D eigenvalue weighted by Gasteiger charge is -2.30. The molecule has 0 heterocycles. The van der Waals surface area contributed by atoms with Gasteiger partial charge in [0.1, 0.15) is 0 Å². The Balaban J connectivity index is 2.83. The molecular formula is C15H26N2O3S. The van der Waals surface area contributed by atoms with Crippen molar-refractivity contribution in [3.63, 3.8) is 0 Å². The SMILES string of the molecule is CCCNS(=O)(=O)c1ccc(NC(C)(CC)CCO)cc1. The molecule has 0 radical (unpaired) electrons. The Bertz CT molecular complexity index is 528. The predicted molar refractivity (Wildman–Crippen MR) is 85.9 cm³/mol. The molecule has 1 atom stereocenters. The molecule has 5 nitrogen and oxygen atoms in total. The predicted octanol–water partition coefficient (Wildman–Crippen LogP) is 2.34. The van der Waals surface area contributed by atoms with E-state index < -0.39 is 10.0 Å². The third-order valence-electron chi connectivity index (χ3n) is 3.60. The summed E-state index contributed by atoms with van der Waals surface area (Å²) in [6.07, 6.45) is 2.27. The smallest absolute Gasteiger partial charge is 0.240 e. The van der Waals surface area contributed by atoms with Crippen molar-refractivity contribution in [2.75, 3.05) is 18.5 Å². The van der Waals surface area contributed by atoms with Crippen molar-refractivity contribution in [1.82, 2.24) is 4.72 Å². The molecule has 21 heavy (non-hydrogen) atoms. The van der Waals surface area contributed by atoms with Crippen molar-refractivity contribution in [2.45, 2.75) is 50.5 Å². The van der Waals surface area contributed by atoms with Crippen molar-refractivity contribution in [2.24, 2.45) is 0 Å². The molecule has 0 aliphatic carbocycles. The highest BCUT2D eigenvalue weighted by atomic mass is 32.2. The Morgan fingerprint density at radius 3 is 2.29 bits per heavy atom. The Morgan fingerprint density at radius 2 is 1.81 bits per heavy atom. The van der Waals surface area contributed by atoms with Crippen LogP contribution in [0.25, 0.3) is 0 Å². The molecule has 0 bridgehead atoms. The van der Waals surface area contributed by atoms with Crippen LogP contribution >= 0.6 is 0 Å². The average molecular weight is 314 g/mol. The van der Waals surface area contributed by atoms with Gasteiger partial charge in [0, 0.05) is 24.4 Å². The highest BCUT2D eigenvalue weighted by molar-refractivity contribution is 7.89. The molecule has 1 unspecified atom stereocenters. The lowest BCUT2D eigenvalue weighted by molar-refractivity contribution is 0.252. The van der Waals surface area contributed by atoms with Crippen LogP contribution in [-0.2, 0) is 10.0 Å². The van der Waals surface area contributed by atoms with Gasteiger partial charge in [-0.2, -0.15) is 0 Å². The van der Waals surface area contributed by atoms with E-state index in [0.717, 1.165) is 18.5 Å². The first kappa shape index (κ1) is 17.9. The fraction of sp³-hybridized carbons (Fsp3) is 0.600. The van der Waals surface area contributed by atoms with Gasteiger partial charge in [-0.1, -0.05) is 13.8 Å². The Morgan fingerprint density at radius 1 is 1.19 bits per heavy atom. The van der Waals surface area contributed by atoms with Crippen LogP contribution in [0, 0.1) is 0 Å². The third kappa shape index (κ3) is 5.30. The second-order valence-electron chi connectivity index (χ2n) is 5.43. The fourth-order valence-corrected chi connectivity index (χ4v) is 3.09. The van der Waals surface area contributed by atoms with E-state index in [4.69, 9.17) is 5.11 Å². The van der Waals surface area contributed by atoms with E-state index in [1.165, 1.54) is 0 Å². The number of anilines is 1. The largest absolute Gasteiger partial charge is 0.396 e. The summed E-state index contributed by atoms with van der Waals surface area (Å²) in [5, 5.41) is 12.5. The van der Waals surface area contributed by atoms with Crippen LogP contribution in [0.5, 0.6) is 0 Å². The summed E-state index contributed by atoms with van der Waals surface area (Å²) in [7, 11) is -3.42. The maximum Gasteiger partial charge on any atom is 0.240 e. The zero-order valence-electron chi connectivity index (χ0n) is 13.0. The molecule has 6 heteroatoms. The van der Waals surface area contributed by atoms with Crippen molar-refractivity contribution < 1.29 is 13.5 Å². The van der Waals surface area contributed by atoms with Gasteiger partial charge in [-0.05, 0) is 50.5 Å². The van der Waals surface area contributed by atoms with Crippen LogP contribution in [0.4, 0.5) is 5.69 Å². The molecule has 0 aliphatic heterocycles. The van der Waals surface area contributed by atoms with Crippen molar-refractivity contribution >= 4 is 15.7 Å². The van der Waals surface area contributed by atoms with E-state index in [1.807, 2.05) is 13.8 Å². The number of aliphatic hydroxyl groups is 1. The van der Waals surface area contributed by atoms with E-state index in [0.29, 0.717) is 13.0 Å². The number of rotatable bonds is 9. The van der Waals surface area contributed by atoms with E-state index in [-0.39, 0.29) is 17.0 Å². The minimum atomic E-state index is -3.42. The zero-order valence-corrected chi connectivity index (χ0v) is 13.8.